The molecule has 0 saturated heterocycles. The summed E-state index contributed by atoms with van der Waals surface area (Å²) in [6.45, 7) is 2.05. The molecule has 1 unspecified atom stereocenters. The number of nitrogens with zero attached hydrogens (tertiary/aromatic N) is 2. The maximum absolute atomic E-state index is 9.60. The molecule has 0 amide bonds. The zero-order valence-electron chi connectivity index (χ0n) is 12.3. The fourth-order valence-corrected chi connectivity index (χ4v) is 2.78. The summed E-state index contributed by atoms with van der Waals surface area (Å²) >= 11 is 0. The zero-order chi connectivity index (χ0) is 15.4. The molecule has 1 aliphatic heterocycles. The van der Waals surface area contributed by atoms with Crippen LogP contribution in [0.3, 0.4) is 0 Å². The highest BCUT2D eigenvalue weighted by Crippen LogP contribution is 2.38. The number of amidine groups is 1. The van der Waals surface area contributed by atoms with Gasteiger partial charge in [0.2, 0.25) is 0 Å². The molecule has 2 aliphatic rings. The molecule has 0 aromatic carbocycles. The van der Waals surface area contributed by atoms with E-state index in [1.165, 1.54) is 6.20 Å². The molecule has 0 saturated carbocycles. The van der Waals surface area contributed by atoms with E-state index in [-0.39, 0.29) is 5.92 Å². The number of aliphatic imine (C=N–C) groups is 1. The molecule has 5 nitrogen and oxygen atoms in total. The first-order valence-electron chi connectivity index (χ1n) is 7.18. The predicted molar refractivity (Wildman–Crippen MR) is 84.5 cm³/mol. The summed E-state index contributed by atoms with van der Waals surface area (Å²) in [6.07, 6.45) is 8.81. The van der Waals surface area contributed by atoms with Crippen molar-refractivity contribution in [3.05, 3.63) is 46.5 Å². The molecule has 0 bridgehead atoms. The quantitative estimate of drug-likeness (QED) is 0.734. The number of hydrogen-bond donors (Lipinski definition) is 3. The minimum Gasteiger partial charge on any atom is -0.404 e. The third-order valence-corrected chi connectivity index (χ3v) is 3.81. The molecule has 0 fully saturated rings. The van der Waals surface area contributed by atoms with Crippen LogP contribution in [0.25, 0.3) is 0 Å². The summed E-state index contributed by atoms with van der Waals surface area (Å²) < 4.78 is 0. The fraction of sp³-hybridized carbons (Fsp3) is 0.375. The number of allylic oxidation sites excluding steroid dienone is 6. The molecule has 1 atom stereocenters. The van der Waals surface area contributed by atoms with Gasteiger partial charge in [-0.25, -0.2) is 4.99 Å². The molecule has 21 heavy (non-hydrogen) atoms. The van der Waals surface area contributed by atoms with Crippen LogP contribution < -0.4 is 17.2 Å². The Morgan fingerprint density at radius 1 is 1.48 bits per heavy atom. The number of hydrogen-bond acceptors (Lipinski definition) is 5. The van der Waals surface area contributed by atoms with Crippen molar-refractivity contribution < 1.29 is 0 Å². The van der Waals surface area contributed by atoms with Gasteiger partial charge in [-0.1, -0.05) is 25.5 Å². The Kier molecular flexibility index (Phi) is 4.49. The lowest BCUT2D eigenvalue weighted by atomic mass is 9.78. The molecule has 6 N–H and O–H groups in total. The number of rotatable bonds is 3. The maximum atomic E-state index is 9.60. The predicted octanol–water partition coefficient (Wildman–Crippen LogP) is 1.96. The van der Waals surface area contributed by atoms with Gasteiger partial charge in [0.05, 0.1) is 23.3 Å². The van der Waals surface area contributed by atoms with Gasteiger partial charge in [0.15, 0.2) is 0 Å². The highest BCUT2D eigenvalue weighted by atomic mass is 14.9. The maximum Gasteiger partial charge on any atom is 0.129 e. The summed E-state index contributed by atoms with van der Waals surface area (Å²) in [5, 5.41) is 9.60. The van der Waals surface area contributed by atoms with Crippen LogP contribution in [0.2, 0.25) is 0 Å². The van der Waals surface area contributed by atoms with Gasteiger partial charge in [0.1, 0.15) is 5.84 Å². The zero-order valence-corrected chi connectivity index (χ0v) is 12.3. The molecule has 110 valence electrons. The van der Waals surface area contributed by atoms with Gasteiger partial charge in [-0.05, 0) is 24.8 Å². The summed E-state index contributed by atoms with van der Waals surface area (Å²) in [5.74, 6) is 0.0832. The van der Waals surface area contributed by atoms with Gasteiger partial charge in [-0.15, -0.1) is 0 Å². The summed E-state index contributed by atoms with van der Waals surface area (Å²) in [5.41, 5.74) is 21.6. The number of nitrogens with two attached hydrogens (primary N) is 3. The average Bonchev–Trinajstić information content (AvgIpc) is 2.47. The van der Waals surface area contributed by atoms with Gasteiger partial charge in [-0.2, -0.15) is 5.26 Å². The Bertz CT molecular complexity index is 626. The Hall–Kier alpha value is -2.48. The van der Waals surface area contributed by atoms with E-state index in [4.69, 9.17) is 17.2 Å². The van der Waals surface area contributed by atoms with E-state index in [2.05, 4.69) is 17.1 Å². The molecular formula is C16H21N5. The van der Waals surface area contributed by atoms with E-state index in [9.17, 15) is 5.26 Å². The first-order chi connectivity index (χ1) is 10.1. The Labute approximate surface area is 125 Å². The van der Waals surface area contributed by atoms with Crippen molar-refractivity contribution in [3.63, 3.8) is 0 Å². The van der Waals surface area contributed by atoms with Gasteiger partial charge < -0.3 is 17.2 Å². The van der Waals surface area contributed by atoms with Crippen molar-refractivity contribution in [3.8, 4) is 6.07 Å². The Balaban J connectivity index is 2.62. The van der Waals surface area contributed by atoms with E-state index < -0.39 is 0 Å². The summed E-state index contributed by atoms with van der Waals surface area (Å²) in [6, 6.07) is 2.29. The monoisotopic (exact) mass is 283 g/mol. The lowest BCUT2D eigenvalue weighted by Crippen LogP contribution is -2.30. The SMILES string of the molecule is CCCC1=C(C#N)C(C2=C(N)CCC=C2)/C(=C/N)C(N)=N1. The van der Waals surface area contributed by atoms with Crippen molar-refractivity contribution >= 4 is 5.84 Å². The molecule has 0 radical (unpaired) electrons. The lowest BCUT2D eigenvalue weighted by Gasteiger charge is -2.28. The average molecular weight is 283 g/mol. The van der Waals surface area contributed by atoms with Crippen molar-refractivity contribution in [2.24, 2.45) is 28.1 Å². The highest BCUT2D eigenvalue weighted by molar-refractivity contribution is 6.00. The second kappa shape index (κ2) is 6.31. The molecular weight excluding hydrogens is 262 g/mol. The molecule has 2 rings (SSSR count). The van der Waals surface area contributed by atoms with E-state index >= 15 is 0 Å². The molecule has 0 aromatic heterocycles. The minimum atomic E-state index is -0.296. The fourth-order valence-electron chi connectivity index (χ4n) is 2.78. The standard InChI is InChI=1S/C16H21N5/c1-2-5-14-11(8-17)15(12(9-18)16(20)21-14)10-6-3-4-7-13(10)19/h3,6,9,15H,2,4-5,7,18-19H2,1H3,(H2,20,21)/b12-9-. The van der Waals surface area contributed by atoms with Crippen LogP contribution in [0.5, 0.6) is 0 Å². The topological polar surface area (TPSA) is 114 Å². The van der Waals surface area contributed by atoms with Crippen LogP contribution in [-0.4, -0.2) is 5.84 Å². The Morgan fingerprint density at radius 3 is 2.81 bits per heavy atom. The minimum absolute atomic E-state index is 0.296. The smallest absolute Gasteiger partial charge is 0.129 e. The summed E-state index contributed by atoms with van der Waals surface area (Å²) in [4.78, 5) is 4.36. The van der Waals surface area contributed by atoms with Gasteiger partial charge in [-0.3, -0.25) is 0 Å². The van der Waals surface area contributed by atoms with E-state index in [0.29, 0.717) is 17.0 Å². The van der Waals surface area contributed by atoms with Crippen molar-refractivity contribution in [2.45, 2.75) is 32.6 Å². The first-order valence-corrected chi connectivity index (χ1v) is 7.18. The number of nitriles is 1. The lowest BCUT2D eigenvalue weighted by molar-refractivity contribution is 0.782. The largest absolute Gasteiger partial charge is 0.404 e. The third kappa shape index (κ3) is 2.70. The van der Waals surface area contributed by atoms with Gasteiger partial charge >= 0.3 is 0 Å². The van der Waals surface area contributed by atoms with Crippen LogP contribution >= 0.6 is 0 Å². The third-order valence-electron chi connectivity index (χ3n) is 3.81. The second-order valence-corrected chi connectivity index (χ2v) is 5.20. The van der Waals surface area contributed by atoms with Crippen molar-refractivity contribution in [1.29, 1.82) is 5.26 Å². The normalized spacial score (nSPS) is 24.3. The van der Waals surface area contributed by atoms with Crippen molar-refractivity contribution in [1.82, 2.24) is 0 Å². The molecule has 5 heteroatoms. The molecule has 1 heterocycles. The van der Waals surface area contributed by atoms with Crippen LogP contribution in [0.4, 0.5) is 0 Å². The van der Waals surface area contributed by atoms with Gasteiger partial charge in [0.25, 0.3) is 0 Å². The first kappa shape index (κ1) is 14.9. The van der Waals surface area contributed by atoms with Crippen LogP contribution in [0.1, 0.15) is 32.6 Å². The van der Waals surface area contributed by atoms with Gasteiger partial charge in [0, 0.05) is 17.5 Å². The van der Waals surface area contributed by atoms with E-state index in [0.717, 1.165) is 42.7 Å². The highest BCUT2D eigenvalue weighted by Gasteiger charge is 2.32. The summed E-state index contributed by atoms with van der Waals surface area (Å²) in [7, 11) is 0. The van der Waals surface area contributed by atoms with Crippen LogP contribution in [-0.2, 0) is 0 Å². The van der Waals surface area contributed by atoms with Crippen molar-refractivity contribution in [2.75, 3.05) is 0 Å². The molecule has 1 aliphatic carbocycles. The Morgan fingerprint density at radius 2 is 2.24 bits per heavy atom. The second-order valence-electron chi connectivity index (χ2n) is 5.20. The van der Waals surface area contributed by atoms with E-state index in [1.54, 1.807) is 0 Å². The van der Waals surface area contributed by atoms with Crippen LogP contribution in [0.15, 0.2) is 51.5 Å². The molecule has 0 spiro atoms. The van der Waals surface area contributed by atoms with E-state index in [1.807, 2.05) is 13.0 Å². The van der Waals surface area contributed by atoms with Crippen LogP contribution in [0, 0.1) is 17.2 Å². The molecule has 0 aromatic rings.